The lowest BCUT2D eigenvalue weighted by atomic mass is 10.3. The maximum Gasteiger partial charge on any atom is 0.339 e. The monoisotopic (exact) mass is 537 g/mol. The summed E-state index contributed by atoms with van der Waals surface area (Å²) < 4.78 is 31.6. The highest BCUT2D eigenvalue weighted by atomic mass is 79.9. The second kappa shape index (κ2) is 9.06. The largest absolute Gasteiger partial charge is 0.378 e. The highest BCUT2D eigenvalue weighted by Crippen LogP contribution is 2.31. The van der Waals surface area contributed by atoms with Gasteiger partial charge in [0.05, 0.1) is 15.8 Å². The van der Waals surface area contributed by atoms with Crippen molar-refractivity contribution in [3.05, 3.63) is 75.7 Å². The molecule has 0 aliphatic rings. The molecule has 29 heavy (non-hydrogen) atoms. The van der Waals surface area contributed by atoms with E-state index in [1.807, 2.05) is 43.3 Å². The molecule has 0 aliphatic heterocycles. The molecule has 0 saturated heterocycles. The van der Waals surface area contributed by atoms with Crippen LogP contribution in [0, 0.1) is 0 Å². The summed E-state index contributed by atoms with van der Waals surface area (Å²) in [7, 11) is -0.0406. The predicted molar refractivity (Wildman–Crippen MR) is 121 cm³/mol. The van der Waals surface area contributed by atoms with Crippen molar-refractivity contribution in [1.29, 1.82) is 0 Å². The van der Waals surface area contributed by atoms with Crippen LogP contribution < -0.4 is 9.08 Å². The summed E-state index contributed by atoms with van der Waals surface area (Å²) in [5, 5.41) is 8.32. The van der Waals surface area contributed by atoms with Crippen LogP contribution in [0.15, 0.2) is 90.8 Å². The van der Waals surface area contributed by atoms with E-state index >= 15 is 0 Å². The van der Waals surface area contributed by atoms with Gasteiger partial charge >= 0.3 is 10.1 Å². The minimum absolute atomic E-state index is 0.0293. The fourth-order valence-corrected chi connectivity index (χ4v) is 4.50. The van der Waals surface area contributed by atoms with Crippen molar-refractivity contribution in [2.24, 2.45) is 10.2 Å². The third-order valence-corrected chi connectivity index (χ3v) is 6.23. The summed E-state index contributed by atoms with van der Waals surface area (Å²) in [4.78, 5) is 2.02. The van der Waals surface area contributed by atoms with Gasteiger partial charge in [0.2, 0.25) is 0 Å². The number of benzene rings is 3. The molecule has 3 aromatic carbocycles. The van der Waals surface area contributed by atoms with Crippen LogP contribution in [-0.4, -0.2) is 22.5 Å². The predicted octanol–water partition coefficient (Wildman–Crippen LogP) is 6.46. The van der Waals surface area contributed by atoms with E-state index in [-0.39, 0.29) is 10.6 Å². The zero-order valence-corrected chi connectivity index (χ0v) is 19.6. The van der Waals surface area contributed by atoms with Crippen LogP contribution >= 0.6 is 31.9 Å². The summed E-state index contributed by atoms with van der Waals surface area (Å²) >= 11 is 6.60. The molecule has 0 bridgehead atoms. The molecule has 0 aliphatic carbocycles. The smallest absolute Gasteiger partial charge is 0.339 e. The first-order valence-electron chi connectivity index (χ1n) is 8.43. The van der Waals surface area contributed by atoms with Gasteiger partial charge in [0, 0.05) is 24.3 Å². The average molecular weight is 539 g/mol. The van der Waals surface area contributed by atoms with Gasteiger partial charge in [0.25, 0.3) is 0 Å². The third-order valence-electron chi connectivity index (χ3n) is 3.87. The molecule has 0 N–H and O–H groups in total. The number of hydrogen-bond acceptors (Lipinski definition) is 6. The van der Waals surface area contributed by atoms with Crippen LogP contribution in [0.3, 0.4) is 0 Å². The fraction of sp³-hybridized carbons (Fsp3) is 0.100. The van der Waals surface area contributed by atoms with E-state index in [2.05, 4.69) is 42.1 Å². The second-order valence-corrected chi connectivity index (χ2v) is 9.53. The molecule has 0 atom stereocenters. The molecule has 0 radical (unpaired) electrons. The summed E-state index contributed by atoms with van der Waals surface area (Å²) in [5.41, 5.74) is 2.30. The van der Waals surface area contributed by atoms with Crippen molar-refractivity contribution in [3.8, 4) is 5.75 Å². The molecule has 6 nitrogen and oxygen atoms in total. The molecule has 150 valence electrons. The van der Waals surface area contributed by atoms with E-state index in [9.17, 15) is 8.42 Å². The van der Waals surface area contributed by atoms with Crippen LogP contribution in [0.5, 0.6) is 5.75 Å². The van der Waals surface area contributed by atoms with Crippen molar-refractivity contribution in [3.63, 3.8) is 0 Å². The molecule has 3 aromatic rings. The minimum atomic E-state index is -3.97. The first-order valence-corrected chi connectivity index (χ1v) is 11.4. The van der Waals surface area contributed by atoms with Crippen LogP contribution in [-0.2, 0) is 10.1 Å². The first kappa shape index (κ1) is 21.5. The fourth-order valence-electron chi connectivity index (χ4n) is 2.32. The van der Waals surface area contributed by atoms with Crippen molar-refractivity contribution in [1.82, 2.24) is 0 Å². The number of azo groups is 1. The molecule has 3 rings (SSSR count). The van der Waals surface area contributed by atoms with Crippen molar-refractivity contribution in [2.75, 3.05) is 19.0 Å². The zero-order chi connectivity index (χ0) is 21.0. The van der Waals surface area contributed by atoms with Crippen molar-refractivity contribution < 1.29 is 12.6 Å². The van der Waals surface area contributed by atoms with Gasteiger partial charge in [-0.3, -0.25) is 0 Å². The molecule has 0 fully saturated rings. The van der Waals surface area contributed by atoms with Crippen LogP contribution in [0.4, 0.5) is 17.1 Å². The quantitative estimate of drug-likeness (QED) is 0.266. The average Bonchev–Trinajstić information content (AvgIpc) is 2.69. The summed E-state index contributed by atoms with van der Waals surface area (Å²) in [6, 6.07) is 18.6. The number of nitrogens with zero attached hydrogens (tertiary/aromatic N) is 3. The lowest BCUT2D eigenvalue weighted by Crippen LogP contribution is -2.09. The lowest BCUT2D eigenvalue weighted by molar-refractivity contribution is 0.484. The molecule has 0 unspecified atom stereocenters. The van der Waals surface area contributed by atoms with E-state index in [0.717, 1.165) is 10.2 Å². The maximum atomic E-state index is 12.5. The van der Waals surface area contributed by atoms with E-state index in [1.54, 1.807) is 30.3 Å². The Balaban J connectivity index is 1.73. The highest BCUT2D eigenvalue weighted by Gasteiger charge is 2.18. The Morgan fingerprint density at radius 3 is 1.90 bits per heavy atom. The van der Waals surface area contributed by atoms with Gasteiger partial charge in [-0.05, 0) is 82.7 Å². The van der Waals surface area contributed by atoms with Gasteiger partial charge in [-0.2, -0.15) is 18.6 Å². The summed E-state index contributed by atoms with van der Waals surface area (Å²) in [6.45, 7) is 0. The van der Waals surface area contributed by atoms with Crippen LogP contribution in [0.25, 0.3) is 0 Å². The number of hydrogen-bond donors (Lipinski definition) is 0. The topological polar surface area (TPSA) is 71.3 Å². The Hall–Kier alpha value is -2.23. The molecule has 0 saturated carbocycles. The zero-order valence-electron chi connectivity index (χ0n) is 15.6. The Bertz CT molecular complexity index is 1130. The van der Waals surface area contributed by atoms with Gasteiger partial charge in [-0.15, -0.1) is 0 Å². The van der Waals surface area contributed by atoms with Gasteiger partial charge < -0.3 is 9.08 Å². The SMILES string of the molecule is CN(C)c1ccc(N=Nc2ccc(S(=O)(=O)Oc3ccc(Br)cc3Br)cc2)cc1. The molecule has 0 heterocycles. The summed E-state index contributed by atoms with van der Waals surface area (Å²) in [5.74, 6) is 0.207. The van der Waals surface area contributed by atoms with Crippen molar-refractivity contribution in [2.45, 2.75) is 4.90 Å². The number of halogens is 2. The molecular formula is C20H17Br2N3O3S. The Morgan fingerprint density at radius 2 is 1.38 bits per heavy atom. The molecule has 0 aromatic heterocycles. The van der Waals surface area contributed by atoms with Gasteiger partial charge in [-0.25, -0.2) is 0 Å². The maximum absolute atomic E-state index is 12.5. The van der Waals surface area contributed by atoms with E-state index in [0.29, 0.717) is 15.8 Å². The van der Waals surface area contributed by atoms with E-state index in [4.69, 9.17) is 4.18 Å². The number of anilines is 1. The third kappa shape index (κ3) is 5.65. The standard InChI is InChI=1S/C20H17Br2N3O3S/c1-25(2)17-8-4-15(5-9-17)23-24-16-6-10-18(11-7-16)29(26,27)28-20-12-3-14(21)13-19(20)22/h3-13H,1-2H3. The molecule has 0 spiro atoms. The van der Waals surface area contributed by atoms with Crippen molar-refractivity contribution >= 4 is 59.0 Å². The van der Waals surface area contributed by atoms with Crippen LogP contribution in [0.2, 0.25) is 0 Å². The first-order chi connectivity index (χ1) is 13.7. The molecule has 0 amide bonds. The molecule has 9 heteroatoms. The molecular weight excluding hydrogens is 522 g/mol. The summed E-state index contributed by atoms with van der Waals surface area (Å²) in [6.07, 6.45) is 0. The van der Waals surface area contributed by atoms with E-state index in [1.165, 1.54) is 12.1 Å². The highest BCUT2D eigenvalue weighted by molar-refractivity contribution is 9.11. The van der Waals surface area contributed by atoms with E-state index < -0.39 is 10.1 Å². The number of rotatable bonds is 6. The van der Waals surface area contributed by atoms with Gasteiger partial charge in [0.15, 0.2) is 5.75 Å². The minimum Gasteiger partial charge on any atom is -0.378 e. The van der Waals surface area contributed by atoms with Crippen LogP contribution in [0.1, 0.15) is 0 Å². The normalized spacial score (nSPS) is 11.6. The second-order valence-electron chi connectivity index (χ2n) is 6.22. The Labute approximate surface area is 186 Å². The van der Waals surface area contributed by atoms with Gasteiger partial charge in [0.1, 0.15) is 4.90 Å². The van der Waals surface area contributed by atoms with Gasteiger partial charge in [-0.1, -0.05) is 15.9 Å². The Morgan fingerprint density at radius 1 is 0.828 bits per heavy atom. The lowest BCUT2D eigenvalue weighted by Gasteiger charge is -2.11. The Kier molecular flexibility index (Phi) is 6.71.